The summed E-state index contributed by atoms with van der Waals surface area (Å²) >= 11 is 5.65. The summed E-state index contributed by atoms with van der Waals surface area (Å²) in [5.74, 6) is -0.952. The van der Waals surface area contributed by atoms with Crippen molar-refractivity contribution in [3.8, 4) is 11.5 Å². The smallest absolute Gasteiger partial charge is 0.356 e. The van der Waals surface area contributed by atoms with E-state index in [2.05, 4.69) is 15.1 Å². The SMILES string of the molecule is Cn1ccc(-c2ncc(Cl)c(C(=O)O)n2)n1. The van der Waals surface area contributed by atoms with Crippen LogP contribution in [-0.2, 0) is 7.05 Å². The van der Waals surface area contributed by atoms with Crippen molar-refractivity contribution in [3.63, 3.8) is 0 Å². The highest BCUT2D eigenvalue weighted by atomic mass is 35.5. The molecule has 0 fully saturated rings. The monoisotopic (exact) mass is 238 g/mol. The standard InChI is InChI=1S/C9H7ClN4O2/c1-14-3-2-6(13-14)8-11-4-5(10)7(12-8)9(15)16/h2-4H,1H3,(H,15,16). The molecule has 0 aliphatic heterocycles. The summed E-state index contributed by atoms with van der Waals surface area (Å²) in [7, 11) is 1.75. The molecule has 2 aromatic rings. The minimum absolute atomic E-state index is 0.00665. The molecule has 7 heteroatoms. The van der Waals surface area contributed by atoms with Gasteiger partial charge in [-0.05, 0) is 6.07 Å². The Morgan fingerprint density at radius 2 is 2.31 bits per heavy atom. The summed E-state index contributed by atoms with van der Waals surface area (Å²) in [6.07, 6.45) is 2.97. The first kappa shape index (κ1) is 10.6. The highest BCUT2D eigenvalue weighted by Gasteiger charge is 2.14. The summed E-state index contributed by atoms with van der Waals surface area (Å²) in [6.45, 7) is 0. The Labute approximate surface area is 95.5 Å². The van der Waals surface area contributed by atoms with Gasteiger partial charge in [-0.2, -0.15) is 5.10 Å². The Morgan fingerprint density at radius 1 is 1.56 bits per heavy atom. The van der Waals surface area contributed by atoms with Crippen LogP contribution in [0.1, 0.15) is 10.5 Å². The third kappa shape index (κ3) is 1.87. The summed E-state index contributed by atoms with van der Waals surface area (Å²) in [6, 6.07) is 1.69. The molecule has 2 aromatic heterocycles. The maximum absolute atomic E-state index is 10.8. The molecular weight excluding hydrogens is 232 g/mol. The minimum Gasteiger partial charge on any atom is -0.476 e. The van der Waals surface area contributed by atoms with E-state index in [9.17, 15) is 4.79 Å². The van der Waals surface area contributed by atoms with E-state index in [1.165, 1.54) is 6.20 Å². The number of aryl methyl sites for hydroxylation is 1. The fraction of sp³-hybridized carbons (Fsp3) is 0.111. The lowest BCUT2D eigenvalue weighted by Crippen LogP contribution is -2.04. The molecule has 0 spiro atoms. The molecule has 0 saturated heterocycles. The predicted molar refractivity (Wildman–Crippen MR) is 56.2 cm³/mol. The van der Waals surface area contributed by atoms with Crippen LogP contribution in [0, 0.1) is 0 Å². The van der Waals surface area contributed by atoms with E-state index in [-0.39, 0.29) is 16.5 Å². The molecule has 0 saturated carbocycles. The molecule has 2 heterocycles. The second kappa shape index (κ2) is 3.90. The van der Waals surface area contributed by atoms with Gasteiger partial charge in [0.2, 0.25) is 0 Å². The molecule has 0 unspecified atom stereocenters. The molecule has 6 nitrogen and oxygen atoms in total. The Hall–Kier alpha value is -1.95. The number of aromatic carboxylic acids is 1. The van der Waals surface area contributed by atoms with Crippen molar-refractivity contribution in [1.82, 2.24) is 19.7 Å². The van der Waals surface area contributed by atoms with Crippen LogP contribution in [0.4, 0.5) is 0 Å². The molecule has 2 rings (SSSR count). The molecule has 16 heavy (non-hydrogen) atoms. The lowest BCUT2D eigenvalue weighted by molar-refractivity contribution is 0.0690. The normalized spacial score (nSPS) is 10.4. The highest BCUT2D eigenvalue weighted by Crippen LogP contribution is 2.17. The van der Waals surface area contributed by atoms with E-state index >= 15 is 0 Å². The van der Waals surface area contributed by atoms with Gasteiger partial charge in [0, 0.05) is 13.2 Å². The fourth-order valence-electron chi connectivity index (χ4n) is 1.17. The van der Waals surface area contributed by atoms with Gasteiger partial charge >= 0.3 is 5.97 Å². The second-order valence-corrected chi connectivity index (χ2v) is 3.48. The Bertz CT molecular complexity index is 552. The van der Waals surface area contributed by atoms with Crippen LogP contribution in [0.5, 0.6) is 0 Å². The Morgan fingerprint density at radius 3 is 2.88 bits per heavy atom. The van der Waals surface area contributed by atoms with Crippen molar-refractivity contribution >= 4 is 17.6 Å². The van der Waals surface area contributed by atoms with Crippen LogP contribution in [-0.4, -0.2) is 30.8 Å². The zero-order valence-electron chi connectivity index (χ0n) is 8.25. The van der Waals surface area contributed by atoms with Gasteiger partial charge in [0.15, 0.2) is 11.5 Å². The topological polar surface area (TPSA) is 80.9 Å². The maximum atomic E-state index is 10.8. The van der Waals surface area contributed by atoms with Crippen LogP contribution < -0.4 is 0 Å². The number of rotatable bonds is 2. The molecule has 0 aliphatic rings. The molecule has 0 bridgehead atoms. The van der Waals surface area contributed by atoms with Crippen LogP contribution >= 0.6 is 11.6 Å². The van der Waals surface area contributed by atoms with Gasteiger partial charge in [-0.1, -0.05) is 11.6 Å². The largest absolute Gasteiger partial charge is 0.476 e. The lowest BCUT2D eigenvalue weighted by Gasteiger charge is -1.99. The first-order valence-corrected chi connectivity index (χ1v) is 4.71. The van der Waals surface area contributed by atoms with Gasteiger partial charge in [-0.25, -0.2) is 14.8 Å². The van der Waals surface area contributed by atoms with Gasteiger partial charge < -0.3 is 5.11 Å². The molecule has 0 aliphatic carbocycles. The van der Waals surface area contributed by atoms with E-state index in [0.717, 1.165) is 0 Å². The molecule has 1 N–H and O–H groups in total. The zero-order valence-corrected chi connectivity index (χ0v) is 9.01. The summed E-state index contributed by atoms with van der Waals surface area (Å²) in [5.41, 5.74) is 0.277. The van der Waals surface area contributed by atoms with E-state index in [0.29, 0.717) is 5.69 Å². The molecular formula is C9H7ClN4O2. The number of carboxylic acid groups (broad SMARTS) is 1. The number of carbonyl (C=O) groups is 1. The quantitative estimate of drug-likeness (QED) is 0.851. The number of carboxylic acids is 1. The average Bonchev–Trinajstić information content (AvgIpc) is 2.65. The summed E-state index contributed by atoms with van der Waals surface area (Å²) < 4.78 is 1.58. The molecule has 0 radical (unpaired) electrons. The first-order chi connectivity index (χ1) is 7.58. The van der Waals surface area contributed by atoms with Crippen LogP contribution in [0.25, 0.3) is 11.5 Å². The van der Waals surface area contributed by atoms with Crippen molar-refractivity contribution in [2.45, 2.75) is 0 Å². The number of halogens is 1. The lowest BCUT2D eigenvalue weighted by atomic mass is 10.3. The number of hydrogen-bond donors (Lipinski definition) is 1. The zero-order chi connectivity index (χ0) is 11.7. The predicted octanol–water partition coefficient (Wildman–Crippen LogP) is 1.23. The summed E-state index contributed by atoms with van der Waals surface area (Å²) in [4.78, 5) is 18.6. The van der Waals surface area contributed by atoms with Gasteiger partial charge in [0.05, 0.1) is 11.2 Å². The van der Waals surface area contributed by atoms with E-state index in [1.807, 2.05) is 0 Å². The molecule has 0 aromatic carbocycles. The third-order valence-corrected chi connectivity index (χ3v) is 2.17. The number of hydrogen-bond acceptors (Lipinski definition) is 4. The van der Waals surface area contributed by atoms with Crippen LogP contribution in [0.3, 0.4) is 0 Å². The molecule has 0 atom stereocenters. The minimum atomic E-state index is -1.19. The van der Waals surface area contributed by atoms with E-state index in [4.69, 9.17) is 16.7 Å². The number of nitrogens with zero attached hydrogens (tertiary/aromatic N) is 4. The Balaban J connectivity index is 2.51. The van der Waals surface area contributed by atoms with Crippen molar-refractivity contribution in [2.24, 2.45) is 7.05 Å². The second-order valence-electron chi connectivity index (χ2n) is 3.07. The van der Waals surface area contributed by atoms with Crippen LogP contribution in [0.15, 0.2) is 18.5 Å². The van der Waals surface area contributed by atoms with Gasteiger partial charge in [-0.15, -0.1) is 0 Å². The van der Waals surface area contributed by atoms with E-state index < -0.39 is 5.97 Å². The van der Waals surface area contributed by atoms with E-state index in [1.54, 1.807) is 24.0 Å². The first-order valence-electron chi connectivity index (χ1n) is 4.34. The Kier molecular flexibility index (Phi) is 2.57. The average molecular weight is 239 g/mol. The van der Waals surface area contributed by atoms with Crippen molar-refractivity contribution in [2.75, 3.05) is 0 Å². The van der Waals surface area contributed by atoms with Crippen molar-refractivity contribution in [1.29, 1.82) is 0 Å². The number of aromatic nitrogens is 4. The van der Waals surface area contributed by atoms with Crippen LogP contribution in [0.2, 0.25) is 5.02 Å². The molecule has 0 amide bonds. The highest BCUT2D eigenvalue weighted by molar-refractivity contribution is 6.33. The van der Waals surface area contributed by atoms with Crippen molar-refractivity contribution < 1.29 is 9.90 Å². The molecule has 82 valence electrons. The van der Waals surface area contributed by atoms with Gasteiger partial charge in [0.1, 0.15) is 5.69 Å². The fourth-order valence-corrected chi connectivity index (χ4v) is 1.35. The maximum Gasteiger partial charge on any atom is 0.356 e. The van der Waals surface area contributed by atoms with Crippen molar-refractivity contribution in [3.05, 3.63) is 29.2 Å². The van der Waals surface area contributed by atoms with Gasteiger partial charge in [0.25, 0.3) is 0 Å². The van der Waals surface area contributed by atoms with Gasteiger partial charge in [-0.3, -0.25) is 4.68 Å². The third-order valence-electron chi connectivity index (χ3n) is 1.89. The summed E-state index contributed by atoms with van der Waals surface area (Å²) in [5, 5.41) is 12.9.